The monoisotopic (exact) mass is 234 g/mol. The highest BCUT2D eigenvalue weighted by atomic mass is 14.4. The van der Waals surface area contributed by atoms with Gasteiger partial charge in [0, 0.05) is 5.41 Å². The summed E-state index contributed by atoms with van der Waals surface area (Å²) in [7, 11) is 0. The average molecular weight is 234 g/mol. The van der Waals surface area contributed by atoms with Crippen LogP contribution in [0.25, 0.3) is 0 Å². The summed E-state index contributed by atoms with van der Waals surface area (Å²) in [5, 5.41) is 0. The molecule has 0 aromatic rings. The second kappa shape index (κ2) is 7.10. The third-order valence-corrected chi connectivity index (χ3v) is 4.72. The normalized spacial score (nSPS) is 30.5. The van der Waals surface area contributed by atoms with Gasteiger partial charge in [-0.3, -0.25) is 0 Å². The van der Waals surface area contributed by atoms with E-state index in [0.29, 0.717) is 5.41 Å². The van der Waals surface area contributed by atoms with Gasteiger partial charge < -0.3 is 0 Å². The summed E-state index contributed by atoms with van der Waals surface area (Å²) in [6.45, 7) is 9.13. The van der Waals surface area contributed by atoms with Crippen molar-refractivity contribution in [3.05, 3.63) is 0 Å². The molecule has 0 aromatic carbocycles. The third-order valence-electron chi connectivity index (χ3n) is 4.72. The maximum absolute atomic E-state index is 3.60. The van der Waals surface area contributed by atoms with Crippen molar-refractivity contribution in [2.45, 2.75) is 79.1 Å². The van der Waals surface area contributed by atoms with Crippen LogP contribution in [0.2, 0.25) is 0 Å². The minimum absolute atomic E-state index is 0.356. The lowest BCUT2D eigenvalue weighted by atomic mass is 9.63. The SMILES string of the molecule is CC#CC1(C(C)CCCCC)CCC(C)CC1. The molecular formula is C17H30. The largest absolute Gasteiger partial charge is 0.106 e. The standard InChI is InChI=1S/C17H30/c1-5-7-8-9-16(4)17(12-6-2)13-10-15(3)11-14-17/h15-16H,5,7-11,13-14H2,1-4H3. The van der Waals surface area contributed by atoms with Crippen LogP contribution in [0.3, 0.4) is 0 Å². The Morgan fingerprint density at radius 2 is 1.88 bits per heavy atom. The lowest BCUT2D eigenvalue weighted by Crippen LogP contribution is -2.32. The molecule has 0 saturated heterocycles. The molecule has 0 amide bonds. The molecule has 1 aliphatic rings. The Kier molecular flexibility index (Phi) is 6.10. The van der Waals surface area contributed by atoms with Crippen LogP contribution in [-0.4, -0.2) is 0 Å². The maximum atomic E-state index is 3.60. The molecule has 1 saturated carbocycles. The molecule has 0 N–H and O–H groups in total. The smallest absolute Gasteiger partial charge is 0.0340 e. The summed E-state index contributed by atoms with van der Waals surface area (Å²) in [6, 6.07) is 0. The van der Waals surface area contributed by atoms with Gasteiger partial charge in [0.25, 0.3) is 0 Å². The van der Waals surface area contributed by atoms with E-state index in [0.717, 1.165) is 11.8 Å². The van der Waals surface area contributed by atoms with Gasteiger partial charge in [0.2, 0.25) is 0 Å². The second-order valence-corrected chi connectivity index (χ2v) is 6.11. The van der Waals surface area contributed by atoms with Gasteiger partial charge in [-0.25, -0.2) is 0 Å². The van der Waals surface area contributed by atoms with Gasteiger partial charge in [-0.1, -0.05) is 46.0 Å². The molecule has 0 bridgehead atoms. The van der Waals surface area contributed by atoms with Gasteiger partial charge >= 0.3 is 0 Å². The number of hydrogen-bond acceptors (Lipinski definition) is 0. The molecule has 0 spiro atoms. The van der Waals surface area contributed by atoms with Crippen molar-refractivity contribution < 1.29 is 0 Å². The summed E-state index contributed by atoms with van der Waals surface area (Å²) in [6.07, 6.45) is 10.9. The molecule has 0 heteroatoms. The fraction of sp³-hybridized carbons (Fsp3) is 0.882. The van der Waals surface area contributed by atoms with Crippen molar-refractivity contribution >= 4 is 0 Å². The summed E-state index contributed by atoms with van der Waals surface area (Å²) >= 11 is 0. The van der Waals surface area contributed by atoms with Gasteiger partial charge in [-0.15, -0.1) is 5.92 Å². The number of hydrogen-bond donors (Lipinski definition) is 0. The zero-order chi connectivity index (χ0) is 12.7. The van der Waals surface area contributed by atoms with Crippen molar-refractivity contribution in [1.29, 1.82) is 0 Å². The van der Waals surface area contributed by atoms with Crippen LogP contribution in [0.15, 0.2) is 0 Å². The topological polar surface area (TPSA) is 0 Å². The highest BCUT2D eigenvalue weighted by Gasteiger charge is 2.36. The average Bonchev–Trinajstić information content (AvgIpc) is 2.33. The molecule has 0 heterocycles. The Morgan fingerprint density at radius 1 is 1.24 bits per heavy atom. The lowest BCUT2D eigenvalue weighted by molar-refractivity contribution is 0.142. The van der Waals surface area contributed by atoms with Crippen LogP contribution in [0, 0.1) is 29.1 Å². The molecule has 98 valence electrons. The predicted octanol–water partition coefficient (Wildman–Crippen LogP) is 5.42. The van der Waals surface area contributed by atoms with E-state index in [1.807, 2.05) is 6.92 Å². The molecule has 0 aliphatic heterocycles. The van der Waals surface area contributed by atoms with E-state index >= 15 is 0 Å². The number of rotatable bonds is 5. The van der Waals surface area contributed by atoms with Crippen molar-refractivity contribution in [2.24, 2.45) is 17.3 Å². The summed E-state index contributed by atoms with van der Waals surface area (Å²) in [5.41, 5.74) is 0.356. The van der Waals surface area contributed by atoms with E-state index in [2.05, 4.69) is 32.6 Å². The van der Waals surface area contributed by atoms with E-state index in [-0.39, 0.29) is 0 Å². The van der Waals surface area contributed by atoms with Crippen LogP contribution in [0.5, 0.6) is 0 Å². The highest BCUT2D eigenvalue weighted by molar-refractivity contribution is 5.13. The second-order valence-electron chi connectivity index (χ2n) is 6.11. The Labute approximate surface area is 109 Å². The van der Waals surface area contributed by atoms with Crippen molar-refractivity contribution in [2.75, 3.05) is 0 Å². The minimum Gasteiger partial charge on any atom is -0.106 e. The molecule has 1 aliphatic carbocycles. The molecule has 0 nitrogen and oxygen atoms in total. The fourth-order valence-corrected chi connectivity index (χ4v) is 3.24. The summed E-state index contributed by atoms with van der Waals surface area (Å²) in [5.74, 6) is 8.52. The van der Waals surface area contributed by atoms with Gasteiger partial charge in [-0.2, -0.15) is 0 Å². The Hall–Kier alpha value is -0.440. The van der Waals surface area contributed by atoms with Crippen LogP contribution < -0.4 is 0 Å². The Bertz CT molecular complexity index is 257. The molecule has 1 fully saturated rings. The molecule has 0 radical (unpaired) electrons. The molecule has 0 aromatic heterocycles. The minimum atomic E-state index is 0.356. The van der Waals surface area contributed by atoms with Crippen LogP contribution >= 0.6 is 0 Å². The van der Waals surface area contributed by atoms with Crippen molar-refractivity contribution in [1.82, 2.24) is 0 Å². The first-order valence-corrected chi connectivity index (χ1v) is 7.58. The summed E-state index contributed by atoms with van der Waals surface area (Å²) < 4.78 is 0. The molecular weight excluding hydrogens is 204 g/mol. The van der Waals surface area contributed by atoms with Crippen molar-refractivity contribution in [3.8, 4) is 11.8 Å². The summed E-state index contributed by atoms with van der Waals surface area (Å²) in [4.78, 5) is 0. The van der Waals surface area contributed by atoms with Gasteiger partial charge in [0.15, 0.2) is 0 Å². The van der Waals surface area contributed by atoms with Gasteiger partial charge in [0.1, 0.15) is 0 Å². The quantitative estimate of drug-likeness (QED) is 0.440. The maximum Gasteiger partial charge on any atom is 0.0340 e. The number of unbranched alkanes of at least 4 members (excludes halogenated alkanes) is 2. The molecule has 1 unspecified atom stereocenters. The van der Waals surface area contributed by atoms with E-state index in [1.54, 1.807) is 0 Å². The predicted molar refractivity (Wildman–Crippen MR) is 76.8 cm³/mol. The highest BCUT2D eigenvalue weighted by Crippen LogP contribution is 2.45. The lowest BCUT2D eigenvalue weighted by Gasteiger charge is -2.40. The first kappa shape index (κ1) is 14.6. The zero-order valence-corrected chi connectivity index (χ0v) is 12.3. The van der Waals surface area contributed by atoms with Gasteiger partial charge in [-0.05, 0) is 50.9 Å². The van der Waals surface area contributed by atoms with E-state index in [9.17, 15) is 0 Å². The van der Waals surface area contributed by atoms with Crippen LogP contribution in [0.1, 0.15) is 79.1 Å². The fourth-order valence-electron chi connectivity index (χ4n) is 3.24. The van der Waals surface area contributed by atoms with E-state index in [1.165, 1.54) is 51.4 Å². The van der Waals surface area contributed by atoms with Crippen molar-refractivity contribution in [3.63, 3.8) is 0 Å². The third kappa shape index (κ3) is 4.06. The first-order valence-electron chi connectivity index (χ1n) is 7.58. The van der Waals surface area contributed by atoms with E-state index in [4.69, 9.17) is 0 Å². The van der Waals surface area contributed by atoms with Crippen LogP contribution in [0.4, 0.5) is 0 Å². The molecule has 1 atom stereocenters. The van der Waals surface area contributed by atoms with E-state index < -0.39 is 0 Å². The first-order chi connectivity index (χ1) is 8.14. The Balaban J connectivity index is 2.59. The zero-order valence-electron chi connectivity index (χ0n) is 12.3. The molecule has 1 rings (SSSR count). The van der Waals surface area contributed by atoms with Crippen LogP contribution in [-0.2, 0) is 0 Å². The molecule has 17 heavy (non-hydrogen) atoms. The Morgan fingerprint density at radius 3 is 2.41 bits per heavy atom. The van der Waals surface area contributed by atoms with Gasteiger partial charge in [0.05, 0.1) is 0 Å².